The third-order valence-corrected chi connectivity index (χ3v) is 6.19. The highest BCUT2D eigenvalue weighted by atomic mass is 15.1. The molecule has 0 aromatic heterocycles. The van der Waals surface area contributed by atoms with Gasteiger partial charge in [0.1, 0.15) is 6.07 Å². The van der Waals surface area contributed by atoms with E-state index >= 15 is 0 Å². The van der Waals surface area contributed by atoms with Gasteiger partial charge in [0.15, 0.2) is 0 Å². The molecular formula is C34H24N4. The Labute approximate surface area is 224 Å². The van der Waals surface area contributed by atoms with Gasteiger partial charge in [0, 0.05) is 31.9 Å². The van der Waals surface area contributed by atoms with Gasteiger partial charge in [-0.2, -0.15) is 5.26 Å². The SMILES string of the molecule is [C-]#[N+]c1c(C=Cc2ccc(N(C)C)cc2)ccc2c(C#N)c(C=Cc3ccc(N(C#C)C#C)cc3)ccc12. The summed E-state index contributed by atoms with van der Waals surface area (Å²) in [6.07, 6.45) is 18.6. The summed E-state index contributed by atoms with van der Waals surface area (Å²) in [4.78, 5) is 7.23. The highest BCUT2D eigenvalue weighted by Crippen LogP contribution is 2.35. The first-order valence-corrected chi connectivity index (χ1v) is 11.8. The molecule has 0 radical (unpaired) electrons. The molecule has 4 aromatic rings. The molecule has 0 fully saturated rings. The molecule has 0 aliphatic heterocycles. The zero-order valence-electron chi connectivity index (χ0n) is 21.2. The molecule has 0 saturated carbocycles. The van der Waals surface area contributed by atoms with Crippen LogP contribution in [0.4, 0.5) is 17.1 Å². The molecule has 0 spiro atoms. The van der Waals surface area contributed by atoms with Crippen molar-refractivity contribution in [2.75, 3.05) is 23.9 Å². The van der Waals surface area contributed by atoms with Crippen LogP contribution in [0, 0.1) is 42.8 Å². The molecule has 38 heavy (non-hydrogen) atoms. The average Bonchev–Trinajstić information content (AvgIpc) is 2.95. The van der Waals surface area contributed by atoms with Crippen LogP contribution in [0.5, 0.6) is 0 Å². The first-order valence-electron chi connectivity index (χ1n) is 11.8. The molecular weight excluding hydrogens is 464 g/mol. The van der Waals surface area contributed by atoms with Gasteiger partial charge >= 0.3 is 0 Å². The number of nitriles is 1. The third-order valence-electron chi connectivity index (χ3n) is 6.19. The van der Waals surface area contributed by atoms with E-state index in [1.807, 2.05) is 104 Å². The predicted molar refractivity (Wildman–Crippen MR) is 160 cm³/mol. The summed E-state index contributed by atoms with van der Waals surface area (Å²) < 4.78 is 0. The van der Waals surface area contributed by atoms with Crippen molar-refractivity contribution in [3.63, 3.8) is 0 Å². The van der Waals surface area contributed by atoms with Gasteiger partial charge in [-0.3, -0.25) is 0 Å². The number of terminal acetylenes is 2. The summed E-state index contributed by atoms with van der Waals surface area (Å²) in [7, 11) is 4.01. The smallest absolute Gasteiger partial charge is 0.202 e. The van der Waals surface area contributed by atoms with Crippen LogP contribution in [0.2, 0.25) is 0 Å². The minimum absolute atomic E-state index is 0.526. The van der Waals surface area contributed by atoms with Crippen molar-refractivity contribution >= 4 is 52.1 Å². The van der Waals surface area contributed by atoms with Crippen molar-refractivity contribution < 1.29 is 0 Å². The maximum Gasteiger partial charge on any atom is 0.202 e. The first kappa shape index (κ1) is 25.4. The number of anilines is 2. The second-order valence-electron chi connectivity index (χ2n) is 8.69. The molecule has 4 nitrogen and oxygen atoms in total. The molecule has 4 aromatic carbocycles. The van der Waals surface area contributed by atoms with E-state index in [0.29, 0.717) is 11.3 Å². The van der Waals surface area contributed by atoms with Crippen molar-refractivity contribution in [3.8, 4) is 31.0 Å². The van der Waals surface area contributed by atoms with Crippen molar-refractivity contribution in [2.45, 2.75) is 0 Å². The Kier molecular flexibility index (Phi) is 7.60. The zero-order chi connectivity index (χ0) is 27.1. The molecule has 0 unspecified atom stereocenters. The van der Waals surface area contributed by atoms with Crippen LogP contribution < -0.4 is 9.80 Å². The quantitative estimate of drug-likeness (QED) is 0.121. The minimum atomic E-state index is 0.526. The largest absolute Gasteiger partial charge is 0.378 e. The Hall–Kier alpha value is -5.68. The molecule has 4 rings (SSSR count). The lowest BCUT2D eigenvalue weighted by Crippen LogP contribution is -2.07. The first-order chi connectivity index (χ1) is 18.5. The summed E-state index contributed by atoms with van der Waals surface area (Å²) in [6.45, 7) is 7.84. The summed E-state index contributed by atoms with van der Waals surface area (Å²) in [5, 5.41) is 11.5. The predicted octanol–water partition coefficient (Wildman–Crippen LogP) is 7.66. The standard InChI is InChI=1S/C34H24N4/c1-6-38(7-2)30-20-12-25(13-21-30)8-14-27-16-23-32-31(33(27)24-35)22-17-28(34(32)36-3)15-9-26-10-18-29(19-11-26)37(4)5/h1-2,8-23H,4-5H3. The molecule has 0 N–H and O–H groups in total. The van der Waals surface area contributed by atoms with Gasteiger partial charge in [0.25, 0.3) is 0 Å². The van der Waals surface area contributed by atoms with Gasteiger partial charge in [0.05, 0.1) is 17.8 Å². The van der Waals surface area contributed by atoms with Crippen molar-refractivity contribution in [3.05, 3.63) is 112 Å². The van der Waals surface area contributed by atoms with Gasteiger partial charge in [-0.05, 0) is 57.3 Å². The van der Waals surface area contributed by atoms with Crippen molar-refractivity contribution in [2.24, 2.45) is 0 Å². The van der Waals surface area contributed by atoms with E-state index in [2.05, 4.69) is 35.1 Å². The lowest BCUT2D eigenvalue weighted by atomic mass is 9.95. The van der Waals surface area contributed by atoms with E-state index in [-0.39, 0.29) is 0 Å². The molecule has 0 aliphatic rings. The topological polar surface area (TPSA) is 34.6 Å². The van der Waals surface area contributed by atoms with Crippen LogP contribution in [0.15, 0.2) is 72.8 Å². The summed E-state index contributed by atoms with van der Waals surface area (Å²) in [5.74, 6) is 0. The van der Waals surface area contributed by atoms with E-state index in [0.717, 1.165) is 44.4 Å². The summed E-state index contributed by atoms with van der Waals surface area (Å²) >= 11 is 0. The molecule has 0 atom stereocenters. The van der Waals surface area contributed by atoms with Crippen LogP contribution in [0.1, 0.15) is 27.8 Å². The molecule has 4 heteroatoms. The van der Waals surface area contributed by atoms with Crippen LogP contribution in [0.25, 0.3) is 39.9 Å². The van der Waals surface area contributed by atoms with E-state index in [9.17, 15) is 5.26 Å². The highest BCUT2D eigenvalue weighted by Gasteiger charge is 2.11. The number of fused-ring (bicyclic) bond motifs is 1. The number of hydrogen-bond acceptors (Lipinski definition) is 3. The third kappa shape index (κ3) is 5.27. The lowest BCUT2D eigenvalue weighted by molar-refractivity contribution is 1.13. The van der Waals surface area contributed by atoms with Gasteiger partial charge in [0.2, 0.25) is 5.69 Å². The van der Waals surface area contributed by atoms with Gasteiger partial charge < -0.3 is 4.90 Å². The average molecular weight is 489 g/mol. The molecule has 180 valence electrons. The Balaban J connectivity index is 1.65. The number of hydrogen-bond donors (Lipinski definition) is 0. The van der Waals surface area contributed by atoms with Crippen molar-refractivity contribution in [1.29, 1.82) is 5.26 Å². The Morgan fingerprint density at radius 1 is 0.711 bits per heavy atom. The maximum absolute atomic E-state index is 9.99. The van der Waals surface area contributed by atoms with E-state index in [1.54, 1.807) is 0 Å². The lowest BCUT2D eigenvalue weighted by Gasteiger charge is -2.12. The molecule has 0 aliphatic carbocycles. The van der Waals surface area contributed by atoms with E-state index in [1.165, 1.54) is 4.90 Å². The van der Waals surface area contributed by atoms with Gasteiger partial charge in [-0.25, -0.2) is 9.74 Å². The normalized spacial score (nSPS) is 10.6. The number of nitrogens with zero attached hydrogens (tertiary/aromatic N) is 4. The second kappa shape index (κ2) is 11.4. The molecule has 0 heterocycles. The molecule has 0 bridgehead atoms. The monoisotopic (exact) mass is 488 g/mol. The van der Waals surface area contributed by atoms with Crippen LogP contribution >= 0.6 is 0 Å². The van der Waals surface area contributed by atoms with Gasteiger partial charge in [-0.15, -0.1) is 0 Å². The fourth-order valence-corrected chi connectivity index (χ4v) is 4.12. The Bertz CT molecular complexity index is 1700. The van der Waals surface area contributed by atoms with E-state index in [4.69, 9.17) is 19.4 Å². The maximum atomic E-state index is 9.99. The highest BCUT2D eigenvalue weighted by molar-refractivity contribution is 6.03. The minimum Gasteiger partial charge on any atom is -0.378 e. The number of benzene rings is 4. The zero-order valence-corrected chi connectivity index (χ0v) is 21.2. The Morgan fingerprint density at radius 3 is 1.76 bits per heavy atom. The van der Waals surface area contributed by atoms with Crippen LogP contribution in [-0.4, -0.2) is 14.1 Å². The van der Waals surface area contributed by atoms with Gasteiger partial charge in [-0.1, -0.05) is 85.7 Å². The Morgan fingerprint density at radius 2 is 1.24 bits per heavy atom. The van der Waals surface area contributed by atoms with E-state index < -0.39 is 0 Å². The fourth-order valence-electron chi connectivity index (χ4n) is 4.12. The summed E-state index contributed by atoms with van der Waals surface area (Å²) in [5.41, 5.74) is 6.48. The number of rotatable bonds is 6. The van der Waals surface area contributed by atoms with Crippen LogP contribution in [0.3, 0.4) is 0 Å². The van der Waals surface area contributed by atoms with Crippen LogP contribution in [-0.2, 0) is 0 Å². The molecule has 0 amide bonds. The summed E-state index contributed by atoms with van der Waals surface area (Å²) in [6, 6.07) is 30.5. The second-order valence-corrected chi connectivity index (χ2v) is 8.69. The van der Waals surface area contributed by atoms with Crippen molar-refractivity contribution in [1.82, 2.24) is 0 Å². The fraction of sp³-hybridized carbons (Fsp3) is 0.0588. The molecule has 0 saturated heterocycles.